The quantitative estimate of drug-likeness (QED) is 0.494. The third-order valence-corrected chi connectivity index (χ3v) is 6.60. The Balaban J connectivity index is 1.70. The van der Waals surface area contributed by atoms with Gasteiger partial charge in [-0.3, -0.25) is 14.4 Å². The molecule has 2 fully saturated rings. The number of hydrogen-bond donors (Lipinski definition) is 3. The molecule has 0 spiro atoms. The largest absolute Gasteiger partial charge is 0.480 e. The highest BCUT2D eigenvalue weighted by atomic mass is 16.4. The van der Waals surface area contributed by atoms with Crippen molar-refractivity contribution in [1.29, 1.82) is 0 Å². The molecule has 186 valence electrons. The summed E-state index contributed by atoms with van der Waals surface area (Å²) in [5.41, 5.74) is 7.06. The number of carbonyl (C=O) groups excluding carboxylic acids is 3. The fourth-order valence-corrected chi connectivity index (χ4v) is 4.90. The monoisotopic (exact) mass is 472 g/mol. The molecule has 0 radical (unpaired) electrons. The SMILES string of the molecule is CC(C)CC(NC(=O)C(N)Cc1ccccc1)C(=O)N1CCCC1C(=O)N1CCCC1C(=O)O. The molecule has 1 aromatic carbocycles. The molecular weight excluding hydrogens is 436 g/mol. The Bertz CT molecular complexity index is 891. The van der Waals surface area contributed by atoms with Gasteiger partial charge in [-0.1, -0.05) is 44.2 Å². The number of carboxylic acid groups (broad SMARTS) is 1. The van der Waals surface area contributed by atoms with E-state index in [0.717, 1.165) is 5.56 Å². The molecule has 4 unspecified atom stereocenters. The molecule has 3 rings (SSSR count). The van der Waals surface area contributed by atoms with E-state index in [2.05, 4.69) is 5.32 Å². The lowest BCUT2D eigenvalue weighted by Crippen LogP contribution is -2.57. The second-order valence-corrected chi connectivity index (χ2v) is 9.70. The number of benzene rings is 1. The minimum Gasteiger partial charge on any atom is -0.480 e. The fraction of sp³-hybridized carbons (Fsp3) is 0.600. The van der Waals surface area contributed by atoms with Gasteiger partial charge in [0.05, 0.1) is 6.04 Å². The van der Waals surface area contributed by atoms with Crippen LogP contribution in [0.1, 0.15) is 51.5 Å². The van der Waals surface area contributed by atoms with Gasteiger partial charge in [0, 0.05) is 13.1 Å². The molecule has 2 aliphatic rings. The van der Waals surface area contributed by atoms with E-state index in [1.54, 1.807) is 0 Å². The van der Waals surface area contributed by atoms with E-state index >= 15 is 0 Å². The molecule has 0 aliphatic carbocycles. The van der Waals surface area contributed by atoms with Crippen LogP contribution >= 0.6 is 0 Å². The lowest BCUT2D eigenvalue weighted by Gasteiger charge is -2.33. The van der Waals surface area contributed by atoms with Crippen molar-refractivity contribution in [1.82, 2.24) is 15.1 Å². The maximum Gasteiger partial charge on any atom is 0.326 e. The van der Waals surface area contributed by atoms with E-state index in [1.165, 1.54) is 9.80 Å². The predicted octanol–water partition coefficient (Wildman–Crippen LogP) is 1.15. The van der Waals surface area contributed by atoms with Crippen LogP contribution in [0.4, 0.5) is 0 Å². The Morgan fingerprint density at radius 3 is 2.26 bits per heavy atom. The van der Waals surface area contributed by atoms with Gasteiger partial charge in [-0.05, 0) is 50.0 Å². The van der Waals surface area contributed by atoms with Gasteiger partial charge in [0.2, 0.25) is 17.7 Å². The van der Waals surface area contributed by atoms with Crippen molar-refractivity contribution < 1.29 is 24.3 Å². The molecule has 0 bridgehead atoms. The Morgan fingerprint density at radius 2 is 1.65 bits per heavy atom. The maximum absolute atomic E-state index is 13.5. The first-order chi connectivity index (χ1) is 16.2. The number of hydrogen-bond acceptors (Lipinski definition) is 5. The summed E-state index contributed by atoms with van der Waals surface area (Å²) in [6, 6.07) is 6.30. The zero-order chi connectivity index (χ0) is 24.8. The van der Waals surface area contributed by atoms with Crippen LogP contribution in [-0.4, -0.2) is 75.9 Å². The van der Waals surface area contributed by atoms with Gasteiger partial charge in [0.1, 0.15) is 18.1 Å². The summed E-state index contributed by atoms with van der Waals surface area (Å²) in [4.78, 5) is 54.1. The van der Waals surface area contributed by atoms with Crippen LogP contribution in [-0.2, 0) is 25.6 Å². The summed E-state index contributed by atoms with van der Waals surface area (Å²) in [5, 5.41) is 12.3. The lowest BCUT2D eigenvalue weighted by atomic mass is 10.0. The molecule has 2 saturated heterocycles. The van der Waals surface area contributed by atoms with E-state index in [1.807, 2.05) is 44.2 Å². The molecule has 9 nitrogen and oxygen atoms in total. The molecule has 1 aromatic rings. The normalized spacial score (nSPS) is 22.0. The van der Waals surface area contributed by atoms with Crippen molar-refractivity contribution in [2.24, 2.45) is 11.7 Å². The zero-order valence-corrected chi connectivity index (χ0v) is 20.0. The lowest BCUT2D eigenvalue weighted by molar-refractivity contribution is -0.152. The average Bonchev–Trinajstić information content (AvgIpc) is 3.48. The Labute approximate surface area is 200 Å². The average molecular weight is 473 g/mol. The number of rotatable bonds is 9. The molecule has 2 aliphatic heterocycles. The summed E-state index contributed by atoms with van der Waals surface area (Å²) in [7, 11) is 0. The van der Waals surface area contributed by atoms with Crippen molar-refractivity contribution in [3.8, 4) is 0 Å². The van der Waals surface area contributed by atoms with Crippen molar-refractivity contribution in [2.75, 3.05) is 13.1 Å². The Morgan fingerprint density at radius 1 is 1.03 bits per heavy atom. The third kappa shape index (κ3) is 6.14. The summed E-state index contributed by atoms with van der Waals surface area (Å²) < 4.78 is 0. The van der Waals surface area contributed by atoms with Crippen molar-refractivity contribution in [3.63, 3.8) is 0 Å². The minimum atomic E-state index is -1.01. The first-order valence-corrected chi connectivity index (χ1v) is 12.1. The second kappa shape index (κ2) is 11.5. The third-order valence-electron chi connectivity index (χ3n) is 6.60. The number of carboxylic acids is 1. The minimum absolute atomic E-state index is 0.131. The van der Waals surface area contributed by atoms with Gasteiger partial charge in [-0.2, -0.15) is 0 Å². The fourth-order valence-electron chi connectivity index (χ4n) is 4.90. The smallest absolute Gasteiger partial charge is 0.326 e. The highest BCUT2D eigenvalue weighted by Gasteiger charge is 2.43. The molecular formula is C25H36N4O5. The van der Waals surface area contributed by atoms with Crippen molar-refractivity contribution >= 4 is 23.7 Å². The van der Waals surface area contributed by atoms with Gasteiger partial charge < -0.3 is 26.0 Å². The van der Waals surface area contributed by atoms with Crippen LogP contribution in [0.25, 0.3) is 0 Å². The predicted molar refractivity (Wildman–Crippen MR) is 127 cm³/mol. The topological polar surface area (TPSA) is 133 Å². The van der Waals surface area contributed by atoms with Crippen LogP contribution in [0.5, 0.6) is 0 Å². The molecule has 3 amide bonds. The van der Waals surface area contributed by atoms with Crippen LogP contribution in [0.3, 0.4) is 0 Å². The maximum atomic E-state index is 13.5. The van der Waals surface area contributed by atoms with E-state index in [-0.39, 0.29) is 17.7 Å². The number of likely N-dealkylation sites (tertiary alicyclic amines) is 2. The second-order valence-electron chi connectivity index (χ2n) is 9.70. The summed E-state index contributed by atoms with van der Waals surface area (Å²) in [6.07, 6.45) is 2.97. The van der Waals surface area contributed by atoms with Crippen molar-refractivity contribution in [2.45, 2.75) is 76.5 Å². The van der Waals surface area contributed by atoms with Gasteiger partial charge >= 0.3 is 5.97 Å². The molecule has 34 heavy (non-hydrogen) atoms. The zero-order valence-electron chi connectivity index (χ0n) is 20.0. The Hall–Kier alpha value is -2.94. The van der Waals surface area contributed by atoms with Crippen LogP contribution in [0.15, 0.2) is 30.3 Å². The van der Waals surface area contributed by atoms with E-state index < -0.39 is 36.0 Å². The summed E-state index contributed by atoms with van der Waals surface area (Å²) in [5.74, 6) is -1.91. The molecule has 0 saturated carbocycles. The highest BCUT2D eigenvalue weighted by molar-refractivity contribution is 5.94. The van der Waals surface area contributed by atoms with Crippen LogP contribution in [0, 0.1) is 5.92 Å². The van der Waals surface area contributed by atoms with Crippen LogP contribution < -0.4 is 11.1 Å². The standard InChI is InChI=1S/C25H36N4O5/c1-16(2)14-19(27-22(30)18(26)15-17-8-4-3-5-9-17)23(31)28-12-6-10-20(28)24(32)29-13-7-11-21(29)25(33)34/h3-5,8-9,16,18-21H,6-7,10-15,26H2,1-2H3,(H,27,30)(H,33,34). The molecule has 4 N–H and O–H groups in total. The molecule has 9 heteroatoms. The number of nitrogens with zero attached hydrogens (tertiary/aromatic N) is 2. The van der Waals surface area contributed by atoms with E-state index in [4.69, 9.17) is 5.73 Å². The number of amides is 3. The molecule has 0 aromatic heterocycles. The van der Waals surface area contributed by atoms with Crippen molar-refractivity contribution in [3.05, 3.63) is 35.9 Å². The number of carbonyl (C=O) groups is 4. The van der Waals surface area contributed by atoms with E-state index in [9.17, 15) is 24.3 Å². The Kier molecular flexibility index (Phi) is 8.66. The molecule has 2 heterocycles. The first-order valence-electron chi connectivity index (χ1n) is 12.1. The number of nitrogens with two attached hydrogens (primary N) is 1. The van der Waals surface area contributed by atoms with Gasteiger partial charge in [0.15, 0.2) is 0 Å². The summed E-state index contributed by atoms with van der Waals surface area (Å²) >= 11 is 0. The number of nitrogens with one attached hydrogen (secondary N) is 1. The van der Waals surface area contributed by atoms with Gasteiger partial charge in [-0.25, -0.2) is 4.79 Å². The van der Waals surface area contributed by atoms with Gasteiger partial charge in [-0.15, -0.1) is 0 Å². The molecule has 4 atom stereocenters. The number of aliphatic carboxylic acids is 1. The summed E-state index contributed by atoms with van der Waals surface area (Å²) in [6.45, 7) is 4.71. The van der Waals surface area contributed by atoms with E-state index in [0.29, 0.717) is 51.6 Å². The highest BCUT2D eigenvalue weighted by Crippen LogP contribution is 2.26. The first kappa shape index (κ1) is 25.7. The van der Waals surface area contributed by atoms with Gasteiger partial charge in [0.25, 0.3) is 0 Å². The van der Waals surface area contributed by atoms with Crippen LogP contribution in [0.2, 0.25) is 0 Å².